The first-order valence-corrected chi connectivity index (χ1v) is 11.3. The zero-order chi connectivity index (χ0) is 22.4. The summed E-state index contributed by atoms with van der Waals surface area (Å²) < 4.78 is 16.1. The maximum absolute atomic E-state index is 12.3. The first-order chi connectivity index (χ1) is 15.0. The summed E-state index contributed by atoms with van der Waals surface area (Å²) in [5, 5.41) is 4.12. The number of carbonyl (C=O) groups is 1. The number of ether oxygens (including phenoxy) is 3. The number of thioether (sulfide) groups is 1. The smallest absolute Gasteiger partial charge is 0.412 e. The van der Waals surface area contributed by atoms with Gasteiger partial charge in [-0.05, 0) is 49.7 Å². The Kier molecular flexibility index (Phi) is 7.54. The van der Waals surface area contributed by atoms with E-state index in [9.17, 15) is 4.79 Å². The monoisotopic (exact) mass is 457 g/mol. The quantitative estimate of drug-likeness (QED) is 0.333. The van der Waals surface area contributed by atoms with Gasteiger partial charge in [0, 0.05) is 11.0 Å². The average molecular weight is 458 g/mol. The van der Waals surface area contributed by atoms with Crippen molar-refractivity contribution in [1.82, 2.24) is 4.98 Å². The fourth-order valence-corrected chi connectivity index (χ4v) is 4.42. The topological polar surface area (TPSA) is 82.0 Å². The number of nitrogens with one attached hydrogen (secondary N) is 1. The molecule has 0 aliphatic heterocycles. The Balaban J connectivity index is 1.69. The second-order valence-electron chi connectivity index (χ2n) is 6.37. The molecule has 7 nitrogen and oxygen atoms in total. The van der Waals surface area contributed by atoms with Crippen molar-refractivity contribution in [3.63, 3.8) is 0 Å². The van der Waals surface area contributed by atoms with Crippen LogP contribution in [0.1, 0.15) is 11.3 Å². The highest BCUT2D eigenvalue weighted by molar-refractivity contribution is 7.98. The van der Waals surface area contributed by atoms with E-state index in [4.69, 9.17) is 14.2 Å². The molecular formula is C22H23N3O4S2. The fourth-order valence-electron chi connectivity index (χ4n) is 2.82. The molecule has 9 heteroatoms. The highest BCUT2D eigenvalue weighted by Crippen LogP contribution is 2.38. The van der Waals surface area contributed by atoms with Crippen LogP contribution in [-0.2, 0) is 11.3 Å². The number of anilines is 1. The molecule has 0 saturated carbocycles. The Hall–Kier alpha value is -3.04. The van der Waals surface area contributed by atoms with E-state index >= 15 is 0 Å². The van der Waals surface area contributed by atoms with Crippen LogP contribution in [-0.4, -0.2) is 38.3 Å². The van der Waals surface area contributed by atoms with Gasteiger partial charge in [-0.3, -0.25) is 10.3 Å². The number of thiazole rings is 1. The second-order valence-corrected chi connectivity index (χ2v) is 8.21. The molecule has 1 aromatic heterocycles. The maximum Gasteiger partial charge on any atom is 0.412 e. The number of aromatic nitrogens is 1. The fraction of sp³-hybridized carbons (Fsp3) is 0.227. The van der Waals surface area contributed by atoms with Crippen molar-refractivity contribution in [2.24, 2.45) is 4.99 Å². The summed E-state index contributed by atoms with van der Waals surface area (Å²) in [6, 6.07) is 11.2. The number of aliphatic imine (C=N–C) groups is 1. The van der Waals surface area contributed by atoms with Crippen LogP contribution in [0.15, 0.2) is 46.3 Å². The van der Waals surface area contributed by atoms with E-state index < -0.39 is 6.09 Å². The summed E-state index contributed by atoms with van der Waals surface area (Å²) in [5.41, 5.74) is 3.19. The molecule has 0 fully saturated rings. The van der Waals surface area contributed by atoms with Crippen molar-refractivity contribution in [3.8, 4) is 22.1 Å². The minimum Gasteiger partial charge on any atom is -0.497 e. The van der Waals surface area contributed by atoms with Gasteiger partial charge in [0.2, 0.25) is 0 Å². The highest BCUT2D eigenvalue weighted by atomic mass is 32.2. The molecule has 0 radical (unpaired) electrons. The summed E-state index contributed by atoms with van der Waals surface area (Å²) in [7, 11) is 3.19. The molecular weight excluding hydrogens is 434 g/mol. The van der Waals surface area contributed by atoms with Crippen LogP contribution in [0.2, 0.25) is 0 Å². The van der Waals surface area contributed by atoms with E-state index in [1.807, 2.05) is 43.5 Å². The van der Waals surface area contributed by atoms with E-state index in [1.165, 1.54) is 11.3 Å². The predicted octanol–water partition coefficient (Wildman–Crippen LogP) is 5.94. The second kappa shape index (κ2) is 10.3. The van der Waals surface area contributed by atoms with Crippen LogP contribution in [0.3, 0.4) is 0 Å². The molecule has 1 heterocycles. The van der Waals surface area contributed by atoms with Crippen LogP contribution in [0.25, 0.3) is 10.6 Å². The summed E-state index contributed by atoms with van der Waals surface area (Å²) >= 11 is 2.91. The van der Waals surface area contributed by atoms with Gasteiger partial charge < -0.3 is 14.2 Å². The number of nitrogens with zero attached hydrogens (tertiary/aromatic N) is 2. The van der Waals surface area contributed by atoms with Crippen molar-refractivity contribution in [1.29, 1.82) is 0 Å². The van der Waals surface area contributed by atoms with Crippen molar-refractivity contribution < 1.29 is 19.0 Å². The van der Waals surface area contributed by atoms with Crippen LogP contribution in [0, 0.1) is 6.92 Å². The number of rotatable bonds is 8. The number of amides is 1. The third-order valence-electron chi connectivity index (χ3n) is 4.44. The molecule has 0 saturated heterocycles. The molecule has 0 bridgehead atoms. The van der Waals surface area contributed by atoms with E-state index in [0.717, 1.165) is 26.7 Å². The van der Waals surface area contributed by atoms with Gasteiger partial charge in [0.25, 0.3) is 0 Å². The predicted molar refractivity (Wildman–Crippen MR) is 127 cm³/mol. The minimum absolute atomic E-state index is 0.147. The zero-order valence-corrected chi connectivity index (χ0v) is 19.4. The molecule has 0 aliphatic rings. The lowest BCUT2D eigenvalue weighted by atomic mass is 10.2. The van der Waals surface area contributed by atoms with E-state index in [0.29, 0.717) is 22.2 Å². The van der Waals surface area contributed by atoms with E-state index in [1.54, 1.807) is 32.0 Å². The summed E-state index contributed by atoms with van der Waals surface area (Å²) in [6.07, 6.45) is 1.42. The Morgan fingerprint density at radius 2 is 2.03 bits per heavy atom. The lowest BCUT2D eigenvalue weighted by Crippen LogP contribution is -2.13. The lowest BCUT2D eigenvalue weighted by Gasteiger charge is -2.09. The van der Waals surface area contributed by atoms with Crippen molar-refractivity contribution in [3.05, 3.63) is 47.7 Å². The minimum atomic E-state index is -0.545. The molecule has 1 amide bonds. The molecule has 0 unspecified atom stereocenters. The molecule has 0 spiro atoms. The van der Waals surface area contributed by atoms with Gasteiger partial charge >= 0.3 is 6.09 Å². The molecule has 3 aromatic rings. The Morgan fingerprint density at radius 1 is 1.23 bits per heavy atom. The largest absolute Gasteiger partial charge is 0.497 e. The normalized spacial score (nSPS) is 10.5. The molecule has 0 aliphatic carbocycles. The zero-order valence-electron chi connectivity index (χ0n) is 17.7. The standard InChI is InChI=1S/C22H23N3O4S2/c1-13-20(31-21(24-13)16-8-7-15(27-3)11-18(16)28-4)25-22(26)29-12-14-6-9-17(23-2)19(10-14)30-5/h6-11H,2,12H2,1,3-5H3,(H,25,26). The summed E-state index contributed by atoms with van der Waals surface area (Å²) in [6.45, 7) is 5.54. The van der Waals surface area contributed by atoms with Crippen LogP contribution in [0.5, 0.6) is 11.5 Å². The first kappa shape index (κ1) is 22.6. The lowest BCUT2D eigenvalue weighted by molar-refractivity contribution is 0.155. The molecule has 162 valence electrons. The SMILES string of the molecule is C=Nc1ccc(COC(=O)Nc2sc(-c3ccc(OC)cc3OC)nc2C)cc1SC. The number of carbonyl (C=O) groups excluding carboxylic acids is 1. The Morgan fingerprint density at radius 3 is 2.71 bits per heavy atom. The van der Waals surface area contributed by atoms with E-state index in [-0.39, 0.29) is 6.61 Å². The third kappa shape index (κ3) is 5.36. The Bertz CT molecular complexity index is 1100. The molecule has 2 aromatic carbocycles. The number of benzene rings is 2. The number of hydrogen-bond acceptors (Lipinski definition) is 8. The van der Waals surface area contributed by atoms with Crippen LogP contribution < -0.4 is 14.8 Å². The summed E-state index contributed by atoms with van der Waals surface area (Å²) in [4.78, 5) is 21.9. The van der Waals surface area contributed by atoms with Crippen molar-refractivity contribution >= 4 is 46.6 Å². The number of aryl methyl sites for hydroxylation is 1. The highest BCUT2D eigenvalue weighted by Gasteiger charge is 2.16. The third-order valence-corrected chi connectivity index (χ3v) is 6.31. The van der Waals surface area contributed by atoms with Gasteiger partial charge in [-0.2, -0.15) is 0 Å². The van der Waals surface area contributed by atoms with E-state index in [2.05, 4.69) is 22.0 Å². The molecule has 31 heavy (non-hydrogen) atoms. The molecule has 1 N–H and O–H groups in total. The van der Waals surface area contributed by atoms with Crippen molar-refractivity contribution in [2.45, 2.75) is 18.4 Å². The van der Waals surface area contributed by atoms with Gasteiger partial charge in [0.1, 0.15) is 28.1 Å². The average Bonchev–Trinajstić information content (AvgIpc) is 3.16. The van der Waals surface area contributed by atoms with Gasteiger partial charge in [0.05, 0.1) is 31.2 Å². The van der Waals surface area contributed by atoms with Gasteiger partial charge in [-0.1, -0.05) is 17.4 Å². The van der Waals surface area contributed by atoms with Crippen molar-refractivity contribution in [2.75, 3.05) is 25.8 Å². The van der Waals surface area contributed by atoms with Gasteiger partial charge in [-0.15, -0.1) is 11.8 Å². The van der Waals surface area contributed by atoms with Crippen LogP contribution in [0.4, 0.5) is 15.5 Å². The number of hydrogen-bond donors (Lipinski definition) is 1. The first-order valence-electron chi connectivity index (χ1n) is 9.26. The van der Waals surface area contributed by atoms with Gasteiger partial charge in [0.15, 0.2) is 0 Å². The van der Waals surface area contributed by atoms with Gasteiger partial charge in [-0.25, -0.2) is 9.78 Å². The number of methoxy groups -OCH3 is 2. The summed E-state index contributed by atoms with van der Waals surface area (Å²) in [5.74, 6) is 1.33. The van der Waals surface area contributed by atoms with Crippen LogP contribution >= 0.6 is 23.1 Å². The Labute approximate surface area is 189 Å². The maximum atomic E-state index is 12.3. The molecule has 0 atom stereocenters. The molecule has 3 rings (SSSR count).